The molecular weight excluding hydrogens is 496 g/mol. The highest BCUT2D eigenvalue weighted by molar-refractivity contribution is 8.00. The van der Waals surface area contributed by atoms with Crippen LogP contribution in [0.2, 0.25) is 0 Å². The summed E-state index contributed by atoms with van der Waals surface area (Å²) in [6, 6.07) is 28.3. The first kappa shape index (κ1) is 26.8. The molecule has 0 heterocycles. The first-order chi connectivity index (χ1) is 18.4. The van der Waals surface area contributed by atoms with Gasteiger partial charge in [-0.2, -0.15) is 0 Å². The molecule has 0 aliphatic heterocycles. The predicted molar refractivity (Wildman–Crippen MR) is 154 cm³/mol. The molecule has 1 unspecified atom stereocenters. The fourth-order valence-corrected chi connectivity index (χ4v) is 5.02. The number of thioether (sulfide) groups is 1. The molecule has 2 amide bonds. The Balaban J connectivity index is 1.53. The van der Waals surface area contributed by atoms with Crippen LogP contribution in [0.4, 0.5) is 11.4 Å². The highest BCUT2D eigenvalue weighted by Gasteiger charge is 2.23. The fraction of sp³-hybridized carbons (Fsp3) is 0.161. The van der Waals surface area contributed by atoms with Crippen LogP contribution in [-0.2, 0) is 4.79 Å². The molecule has 0 aliphatic rings. The zero-order chi connectivity index (χ0) is 27.1. The van der Waals surface area contributed by atoms with E-state index in [-0.39, 0.29) is 11.8 Å². The Bertz CT molecular complexity index is 1400. The third-order valence-corrected chi connectivity index (χ3v) is 7.28. The average molecular weight is 527 g/mol. The number of hydrogen-bond donors (Lipinski definition) is 2. The molecule has 0 saturated heterocycles. The van der Waals surface area contributed by atoms with Gasteiger partial charge in [-0.15, -0.1) is 11.8 Å². The molecule has 0 fully saturated rings. The standard InChI is InChI=1S/C31H30N2O4S/c1-20-13-14-21(2)25(19-20)33-31(35)29(22-9-6-5-7-10-22)38-24-17-15-23(16-18-24)32-30(34)28-26(36-3)11-8-12-27(28)37-4/h5-19,29H,1-4H3,(H,32,34)(H,33,35). The maximum Gasteiger partial charge on any atom is 0.263 e. The van der Waals surface area contributed by atoms with E-state index in [0.717, 1.165) is 27.3 Å². The quantitative estimate of drug-likeness (QED) is 0.229. The number of ether oxygens (including phenoxy) is 2. The number of carbonyl (C=O) groups is 2. The maximum absolute atomic E-state index is 13.5. The van der Waals surface area contributed by atoms with Gasteiger partial charge in [-0.05, 0) is 73.0 Å². The van der Waals surface area contributed by atoms with Crippen LogP contribution in [0.1, 0.15) is 32.3 Å². The molecule has 7 heteroatoms. The highest BCUT2D eigenvalue weighted by Crippen LogP contribution is 2.37. The van der Waals surface area contributed by atoms with Crippen LogP contribution < -0.4 is 20.1 Å². The molecule has 4 rings (SSSR count). The van der Waals surface area contributed by atoms with E-state index >= 15 is 0 Å². The Morgan fingerprint density at radius 1 is 0.763 bits per heavy atom. The lowest BCUT2D eigenvalue weighted by molar-refractivity contribution is -0.115. The Hall–Kier alpha value is -4.23. The smallest absolute Gasteiger partial charge is 0.263 e. The van der Waals surface area contributed by atoms with Gasteiger partial charge in [-0.1, -0.05) is 48.5 Å². The lowest BCUT2D eigenvalue weighted by atomic mass is 10.1. The predicted octanol–water partition coefficient (Wildman–Crippen LogP) is 7.05. The van der Waals surface area contributed by atoms with E-state index in [1.54, 1.807) is 18.2 Å². The second-order valence-electron chi connectivity index (χ2n) is 8.73. The van der Waals surface area contributed by atoms with Crippen molar-refractivity contribution in [2.45, 2.75) is 24.0 Å². The van der Waals surface area contributed by atoms with Gasteiger partial charge in [0.15, 0.2) is 0 Å². The van der Waals surface area contributed by atoms with Crippen LogP contribution in [0.25, 0.3) is 0 Å². The second-order valence-corrected chi connectivity index (χ2v) is 9.91. The first-order valence-electron chi connectivity index (χ1n) is 12.1. The van der Waals surface area contributed by atoms with Crippen LogP contribution in [0, 0.1) is 13.8 Å². The minimum atomic E-state index is -0.464. The SMILES string of the molecule is COc1cccc(OC)c1C(=O)Nc1ccc(SC(C(=O)Nc2cc(C)ccc2C)c2ccccc2)cc1. The topological polar surface area (TPSA) is 76.7 Å². The van der Waals surface area contributed by atoms with Gasteiger partial charge in [0.2, 0.25) is 5.91 Å². The minimum absolute atomic E-state index is 0.101. The van der Waals surface area contributed by atoms with Gasteiger partial charge in [0.1, 0.15) is 22.3 Å². The molecule has 0 spiro atoms. The molecule has 6 nitrogen and oxygen atoms in total. The van der Waals surface area contributed by atoms with Crippen molar-refractivity contribution in [2.24, 2.45) is 0 Å². The van der Waals surface area contributed by atoms with Crippen LogP contribution in [0.3, 0.4) is 0 Å². The maximum atomic E-state index is 13.5. The molecule has 1 atom stereocenters. The van der Waals surface area contributed by atoms with Gasteiger partial charge in [0.05, 0.1) is 14.2 Å². The normalized spacial score (nSPS) is 11.4. The van der Waals surface area contributed by atoms with Crippen molar-refractivity contribution in [1.29, 1.82) is 0 Å². The van der Waals surface area contributed by atoms with Crippen molar-refractivity contribution in [3.63, 3.8) is 0 Å². The van der Waals surface area contributed by atoms with Crippen molar-refractivity contribution >= 4 is 35.0 Å². The van der Waals surface area contributed by atoms with Crippen LogP contribution >= 0.6 is 11.8 Å². The number of rotatable bonds is 9. The largest absolute Gasteiger partial charge is 0.496 e. The van der Waals surface area contributed by atoms with Crippen molar-refractivity contribution < 1.29 is 19.1 Å². The average Bonchev–Trinajstić information content (AvgIpc) is 2.94. The van der Waals surface area contributed by atoms with Gasteiger partial charge in [0.25, 0.3) is 5.91 Å². The van der Waals surface area contributed by atoms with E-state index in [9.17, 15) is 9.59 Å². The Morgan fingerprint density at radius 2 is 1.42 bits per heavy atom. The zero-order valence-electron chi connectivity index (χ0n) is 21.8. The van der Waals surface area contributed by atoms with Crippen LogP contribution in [-0.4, -0.2) is 26.0 Å². The van der Waals surface area contributed by atoms with E-state index in [1.165, 1.54) is 26.0 Å². The molecule has 0 aromatic heterocycles. The molecule has 194 valence electrons. The molecule has 0 radical (unpaired) electrons. The monoisotopic (exact) mass is 526 g/mol. The Morgan fingerprint density at radius 3 is 2.05 bits per heavy atom. The fourth-order valence-electron chi connectivity index (χ4n) is 3.99. The van der Waals surface area contributed by atoms with Crippen LogP contribution in [0.5, 0.6) is 11.5 Å². The number of methoxy groups -OCH3 is 2. The third-order valence-electron chi connectivity index (χ3n) is 6.01. The van der Waals surface area contributed by atoms with E-state index in [1.807, 2.05) is 86.6 Å². The van der Waals surface area contributed by atoms with Gasteiger partial charge >= 0.3 is 0 Å². The molecular formula is C31H30N2O4S. The molecule has 0 aliphatic carbocycles. The van der Waals surface area contributed by atoms with Crippen molar-refractivity contribution in [2.75, 3.05) is 24.9 Å². The summed E-state index contributed by atoms with van der Waals surface area (Å²) in [4.78, 5) is 27.4. The van der Waals surface area contributed by atoms with Crippen molar-refractivity contribution in [1.82, 2.24) is 0 Å². The molecule has 4 aromatic carbocycles. The number of aryl methyl sites for hydroxylation is 2. The molecule has 2 N–H and O–H groups in total. The summed E-state index contributed by atoms with van der Waals surface area (Å²) in [5, 5.41) is 5.54. The van der Waals surface area contributed by atoms with Gasteiger partial charge in [-0.25, -0.2) is 0 Å². The van der Waals surface area contributed by atoms with E-state index in [2.05, 4.69) is 10.6 Å². The van der Waals surface area contributed by atoms with E-state index in [4.69, 9.17) is 9.47 Å². The summed E-state index contributed by atoms with van der Waals surface area (Å²) in [6.45, 7) is 3.98. The lowest BCUT2D eigenvalue weighted by Crippen LogP contribution is -2.19. The number of benzene rings is 4. The van der Waals surface area contributed by atoms with E-state index in [0.29, 0.717) is 22.7 Å². The summed E-state index contributed by atoms with van der Waals surface area (Å²) in [7, 11) is 3.02. The van der Waals surface area contributed by atoms with Gasteiger partial charge < -0.3 is 20.1 Å². The second kappa shape index (κ2) is 12.3. The van der Waals surface area contributed by atoms with Crippen molar-refractivity contribution in [3.05, 3.63) is 113 Å². The summed E-state index contributed by atoms with van der Waals surface area (Å²) in [5.74, 6) is 0.412. The Kier molecular flexibility index (Phi) is 8.71. The molecule has 0 saturated carbocycles. The summed E-state index contributed by atoms with van der Waals surface area (Å²) in [5.41, 5.74) is 4.74. The highest BCUT2D eigenvalue weighted by atomic mass is 32.2. The summed E-state index contributed by atoms with van der Waals surface area (Å²) < 4.78 is 10.7. The van der Waals surface area contributed by atoms with Crippen LogP contribution in [0.15, 0.2) is 95.9 Å². The number of anilines is 2. The van der Waals surface area contributed by atoms with E-state index < -0.39 is 5.25 Å². The number of hydrogen-bond acceptors (Lipinski definition) is 5. The summed E-state index contributed by atoms with van der Waals surface area (Å²) in [6.07, 6.45) is 0. The third kappa shape index (κ3) is 6.36. The molecule has 4 aromatic rings. The molecule has 0 bridgehead atoms. The number of amides is 2. The minimum Gasteiger partial charge on any atom is -0.496 e. The lowest BCUT2D eigenvalue weighted by Gasteiger charge is -2.18. The zero-order valence-corrected chi connectivity index (χ0v) is 22.6. The van der Waals surface area contributed by atoms with Gasteiger partial charge in [0, 0.05) is 16.3 Å². The number of nitrogens with one attached hydrogen (secondary N) is 2. The van der Waals surface area contributed by atoms with Gasteiger partial charge in [-0.3, -0.25) is 9.59 Å². The molecule has 38 heavy (non-hydrogen) atoms. The Labute approximate surface area is 227 Å². The number of carbonyl (C=O) groups excluding carboxylic acids is 2. The summed E-state index contributed by atoms with van der Waals surface area (Å²) >= 11 is 1.45. The van der Waals surface area contributed by atoms with Crippen molar-refractivity contribution in [3.8, 4) is 11.5 Å². The first-order valence-corrected chi connectivity index (χ1v) is 13.0.